The predicted molar refractivity (Wildman–Crippen MR) is 90.1 cm³/mol. The summed E-state index contributed by atoms with van der Waals surface area (Å²) in [5.74, 6) is 0.395. The Labute approximate surface area is 146 Å². The maximum Gasteiger partial charge on any atom is 0.416 e. The number of amides is 1. The number of carbonyl (C=O) groups is 1. The van der Waals surface area contributed by atoms with Gasteiger partial charge >= 0.3 is 6.18 Å². The molecule has 1 amide bonds. The van der Waals surface area contributed by atoms with Gasteiger partial charge in [-0.15, -0.1) is 0 Å². The van der Waals surface area contributed by atoms with Crippen molar-refractivity contribution in [3.05, 3.63) is 23.9 Å². The minimum atomic E-state index is -4.38. The molecule has 25 heavy (non-hydrogen) atoms. The van der Waals surface area contributed by atoms with Crippen LogP contribution in [0.15, 0.2) is 18.3 Å². The van der Waals surface area contributed by atoms with Crippen molar-refractivity contribution in [2.24, 2.45) is 11.7 Å². The average Bonchev–Trinajstić information content (AvgIpc) is 2.61. The summed E-state index contributed by atoms with van der Waals surface area (Å²) >= 11 is 0. The van der Waals surface area contributed by atoms with Gasteiger partial charge in [0.15, 0.2) is 0 Å². The topological polar surface area (TPSA) is 62.5 Å². The second kappa shape index (κ2) is 8.51. The first-order valence-electron chi connectivity index (χ1n) is 8.63. The van der Waals surface area contributed by atoms with E-state index in [0.29, 0.717) is 38.5 Å². The molecule has 1 aliphatic rings. The van der Waals surface area contributed by atoms with Crippen molar-refractivity contribution in [1.82, 2.24) is 9.88 Å². The van der Waals surface area contributed by atoms with Crippen LogP contribution in [0.2, 0.25) is 0 Å². The van der Waals surface area contributed by atoms with E-state index in [1.54, 1.807) is 9.80 Å². The number of rotatable bonds is 6. The molecule has 1 aromatic rings. The van der Waals surface area contributed by atoms with Gasteiger partial charge in [-0.25, -0.2) is 4.98 Å². The molecule has 1 aliphatic heterocycles. The fraction of sp³-hybridized carbons (Fsp3) is 0.647. The van der Waals surface area contributed by atoms with Gasteiger partial charge in [-0.2, -0.15) is 13.2 Å². The van der Waals surface area contributed by atoms with E-state index in [1.807, 2.05) is 6.92 Å². The number of piperazine rings is 1. The third-order valence-electron chi connectivity index (χ3n) is 4.59. The fourth-order valence-electron chi connectivity index (χ4n) is 3.05. The molecule has 1 aromatic heterocycles. The maximum atomic E-state index is 12.8. The molecule has 2 N–H and O–H groups in total. The lowest BCUT2D eigenvalue weighted by Crippen LogP contribution is -2.50. The summed E-state index contributed by atoms with van der Waals surface area (Å²) in [7, 11) is 0. The number of hydrogen-bond donors (Lipinski definition) is 1. The van der Waals surface area contributed by atoms with Gasteiger partial charge in [0.1, 0.15) is 5.82 Å². The molecule has 8 heteroatoms. The summed E-state index contributed by atoms with van der Waals surface area (Å²) in [6.45, 7) is 4.51. The van der Waals surface area contributed by atoms with E-state index >= 15 is 0 Å². The molecule has 0 spiro atoms. The summed E-state index contributed by atoms with van der Waals surface area (Å²) in [4.78, 5) is 20.2. The van der Waals surface area contributed by atoms with Gasteiger partial charge in [-0.3, -0.25) is 4.79 Å². The van der Waals surface area contributed by atoms with Gasteiger partial charge in [0.25, 0.3) is 0 Å². The lowest BCUT2D eigenvalue weighted by atomic mass is 9.98. The summed E-state index contributed by atoms with van der Waals surface area (Å²) in [5.41, 5.74) is 4.81. The molecule has 1 atom stereocenters. The highest BCUT2D eigenvalue weighted by atomic mass is 19.4. The number of halogens is 3. The zero-order chi connectivity index (χ0) is 18.4. The van der Waals surface area contributed by atoms with E-state index in [0.717, 1.165) is 31.4 Å². The van der Waals surface area contributed by atoms with Crippen LogP contribution >= 0.6 is 0 Å². The largest absolute Gasteiger partial charge is 0.416 e. The second-order valence-electron chi connectivity index (χ2n) is 6.25. The fourth-order valence-corrected chi connectivity index (χ4v) is 3.05. The van der Waals surface area contributed by atoms with E-state index in [1.165, 1.54) is 6.20 Å². The molecule has 1 saturated heterocycles. The molecule has 2 rings (SSSR count). The van der Waals surface area contributed by atoms with Crippen LogP contribution in [0.25, 0.3) is 0 Å². The molecular weight excluding hydrogens is 333 g/mol. The lowest BCUT2D eigenvalue weighted by molar-refractivity contribution is -0.137. The highest BCUT2D eigenvalue weighted by molar-refractivity contribution is 5.79. The van der Waals surface area contributed by atoms with Crippen molar-refractivity contribution in [3.63, 3.8) is 0 Å². The number of nitrogens with two attached hydrogens (primary N) is 1. The summed E-state index contributed by atoms with van der Waals surface area (Å²) in [6.07, 6.45) is -0.837. The number of aromatic nitrogens is 1. The van der Waals surface area contributed by atoms with Gasteiger partial charge < -0.3 is 15.5 Å². The molecule has 0 aromatic carbocycles. The quantitative estimate of drug-likeness (QED) is 0.849. The molecule has 5 nitrogen and oxygen atoms in total. The number of anilines is 1. The predicted octanol–water partition coefficient (Wildman–Crippen LogP) is 2.51. The standard InChI is InChI=1S/C17H25F3N4O/c1-2-13(4-3-6-21)16(25)24-10-8-23(9-11-24)15-12-14(5-7-22-15)17(18,19)20/h5,7,12-13H,2-4,6,8-11,21H2,1H3. The zero-order valence-electron chi connectivity index (χ0n) is 14.4. The summed E-state index contributed by atoms with van der Waals surface area (Å²) < 4.78 is 38.5. The van der Waals surface area contributed by atoms with Crippen LogP contribution in [0.1, 0.15) is 31.7 Å². The molecular formula is C17H25F3N4O. The minimum absolute atomic E-state index is 0.0261. The van der Waals surface area contributed by atoms with Gasteiger partial charge in [0.05, 0.1) is 5.56 Å². The number of pyridine rings is 1. The highest BCUT2D eigenvalue weighted by Crippen LogP contribution is 2.31. The number of nitrogens with zero attached hydrogens (tertiary/aromatic N) is 3. The number of alkyl halides is 3. The van der Waals surface area contributed by atoms with Crippen LogP contribution in [0.4, 0.5) is 19.0 Å². The Morgan fingerprint density at radius 1 is 1.32 bits per heavy atom. The van der Waals surface area contributed by atoms with Crippen LogP contribution in [0.5, 0.6) is 0 Å². The van der Waals surface area contributed by atoms with E-state index in [-0.39, 0.29) is 11.8 Å². The highest BCUT2D eigenvalue weighted by Gasteiger charge is 2.32. The van der Waals surface area contributed by atoms with E-state index in [2.05, 4.69) is 4.98 Å². The molecule has 2 heterocycles. The third-order valence-corrected chi connectivity index (χ3v) is 4.59. The smallest absolute Gasteiger partial charge is 0.353 e. The normalized spacial score (nSPS) is 16.8. The molecule has 0 aliphatic carbocycles. The first-order chi connectivity index (χ1) is 11.9. The molecule has 0 radical (unpaired) electrons. The lowest BCUT2D eigenvalue weighted by Gasteiger charge is -2.37. The molecule has 1 fully saturated rings. The molecule has 140 valence electrons. The van der Waals surface area contributed by atoms with Crippen molar-refractivity contribution in [1.29, 1.82) is 0 Å². The summed E-state index contributed by atoms with van der Waals surface area (Å²) in [6, 6.07) is 2.03. The van der Waals surface area contributed by atoms with Gasteiger partial charge in [-0.05, 0) is 37.9 Å². The van der Waals surface area contributed by atoms with Crippen molar-refractivity contribution in [2.45, 2.75) is 32.4 Å². The van der Waals surface area contributed by atoms with Crippen molar-refractivity contribution in [2.75, 3.05) is 37.6 Å². The molecule has 0 bridgehead atoms. The monoisotopic (exact) mass is 358 g/mol. The number of hydrogen-bond acceptors (Lipinski definition) is 4. The van der Waals surface area contributed by atoms with Crippen LogP contribution in [0, 0.1) is 5.92 Å². The van der Waals surface area contributed by atoms with Crippen molar-refractivity contribution >= 4 is 11.7 Å². The van der Waals surface area contributed by atoms with Gasteiger partial charge in [0, 0.05) is 38.3 Å². The van der Waals surface area contributed by atoms with E-state index < -0.39 is 11.7 Å². The molecule has 0 saturated carbocycles. The van der Waals surface area contributed by atoms with Crippen LogP contribution in [-0.2, 0) is 11.0 Å². The van der Waals surface area contributed by atoms with E-state index in [4.69, 9.17) is 5.73 Å². The maximum absolute atomic E-state index is 12.8. The van der Waals surface area contributed by atoms with E-state index in [9.17, 15) is 18.0 Å². The first kappa shape index (κ1) is 19.5. The second-order valence-corrected chi connectivity index (χ2v) is 6.25. The Balaban J connectivity index is 1.96. The first-order valence-corrected chi connectivity index (χ1v) is 8.63. The minimum Gasteiger partial charge on any atom is -0.353 e. The summed E-state index contributed by atoms with van der Waals surface area (Å²) in [5, 5.41) is 0. The van der Waals surface area contributed by atoms with Crippen LogP contribution < -0.4 is 10.6 Å². The number of carbonyl (C=O) groups excluding carboxylic acids is 1. The van der Waals surface area contributed by atoms with Crippen molar-refractivity contribution in [3.8, 4) is 0 Å². The van der Waals surface area contributed by atoms with Crippen LogP contribution in [0.3, 0.4) is 0 Å². The van der Waals surface area contributed by atoms with Gasteiger partial charge in [0.2, 0.25) is 5.91 Å². The van der Waals surface area contributed by atoms with Crippen molar-refractivity contribution < 1.29 is 18.0 Å². The SMILES string of the molecule is CCC(CCCN)C(=O)N1CCN(c2cc(C(F)(F)F)ccn2)CC1. The Morgan fingerprint density at radius 3 is 2.56 bits per heavy atom. The zero-order valence-corrected chi connectivity index (χ0v) is 14.4. The van der Waals surface area contributed by atoms with Gasteiger partial charge in [-0.1, -0.05) is 6.92 Å². The Morgan fingerprint density at radius 2 is 2.00 bits per heavy atom. The Kier molecular flexibility index (Phi) is 6.64. The average molecular weight is 358 g/mol. The Hall–Kier alpha value is -1.83. The van der Waals surface area contributed by atoms with Crippen LogP contribution in [-0.4, -0.2) is 48.5 Å². The Bertz CT molecular complexity index is 571. The third kappa shape index (κ3) is 5.07. The molecule has 1 unspecified atom stereocenters.